The van der Waals surface area contributed by atoms with E-state index in [-0.39, 0.29) is 0 Å². The Labute approximate surface area is 111 Å². The predicted molar refractivity (Wildman–Crippen MR) is 58.9 cm³/mol. The van der Waals surface area contributed by atoms with Gasteiger partial charge in [-0.2, -0.15) is 0 Å². The van der Waals surface area contributed by atoms with E-state index in [2.05, 4.69) is 0 Å². The van der Waals surface area contributed by atoms with Crippen LogP contribution in [0, 0.1) is 0 Å². The van der Waals surface area contributed by atoms with Crippen molar-refractivity contribution in [2.75, 3.05) is 26.4 Å². The SMILES string of the molecule is O=C(O)CO.O=C(O)CO.O=C(O)CO.O=C(O)CO. The first-order chi connectivity index (χ1) is 9.08. The number of rotatable bonds is 4. The van der Waals surface area contributed by atoms with Crippen molar-refractivity contribution in [2.45, 2.75) is 0 Å². The van der Waals surface area contributed by atoms with Gasteiger partial charge in [0, 0.05) is 0 Å². The number of hydrogen-bond donors (Lipinski definition) is 8. The first kappa shape index (κ1) is 26.3. The van der Waals surface area contributed by atoms with Gasteiger partial charge in [0.15, 0.2) is 0 Å². The molecular formula is C8H16O12. The minimum Gasteiger partial charge on any atom is -0.480 e. The van der Waals surface area contributed by atoms with E-state index >= 15 is 0 Å². The van der Waals surface area contributed by atoms with Gasteiger partial charge in [-0.1, -0.05) is 0 Å². The molecule has 0 aromatic rings. The van der Waals surface area contributed by atoms with Crippen molar-refractivity contribution in [1.82, 2.24) is 0 Å². The van der Waals surface area contributed by atoms with Crippen LogP contribution >= 0.6 is 0 Å². The van der Waals surface area contributed by atoms with Gasteiger partial charge >= 0.3 is 23.9 Å². The molecular weight excluding hydrogens is 288 g/mol. The van der Waals surface area contributed by atoms with Crippen LogP contribution in [0.15, 0.2) is 0 Å². The maximum absolute atomic E-state index is 9.12. The molecule has 0 fully saturated rings. The van der Waals surface area contributed by atoms with E-state index in [0.717, 1.165) is 0 Å². The molecule has 0 aliphatic carbocycles. The number of carbonyl (C=O) groups is 4. The zero-order valence-electron chi connectivity index (χ0n) is 10.0. The summed E-state index contributed by atoms with van der Waals surface area (Å²) in [7, 11) is 0. The second kappa shape index (κ2) is 21.9. The van der Waals surface area contributed by atoms with Crippen molar-refractivity contribution in [3.8, 4) is 0 Å². The molecule has 0 amide bonds. The molecule has 0 saturated heterocycles. The van der Waals surface area contributed by atoms with Gasteiger partial charge in [0.1, 0.15) is 26.4 Å². The van der Waals surface area contributed by atoms with Gasteiger partial charge in [-0.15, -0.1) is 0 Å². The molecule has 0 aromatic heterocycles. The number of hydrogen-bond acceptors (Lipinski definition) is 8. The van der Waals surface area contributed by atoms with E-state index in [1.54, 1.807) is 0 Å². The molecule has 12 heteroatoms. The fourth-order valence-corrected chi connectivity index (χ4v) is 0. The third kappa shape index (κ3) is 104. The van der Waals surface area contributed by atoms with E-state index in [9.17, 15) is 0 Å². The van der Waals surface area contributed by atoms with Crippen LogP contribution in [-0.4, -0.2) is 91.2 Å². The molecule has 120 valence electrons. The van der Waals surface area contributed by atoms with Gasteiger partial charge in [0.2, 0.25) is 0 Å². The molecule has 0 aliphatic heterocycles. The predicted octanol–water partition coefficient (Wildman–Crippen LogP) is -3.75. The molecule has 0 atom stereocenters. The molecule has 0 bridgehead atoms. The fourth-order valence-electron chi connectivity index (χ4n) is 0. The summed E-state index contributed by atoms with van der Waals surface area (Å²) in [6, 6.07) is 0. The van der Waals surface area contributed by atoms with Crippen molar-refractivity contribution in [3.05, 3.63) is 0 Å². The second-order valence-corrected chi connectivity index (χ2v) is 2.21. The first-order valence-corrected chi connectivity index (χ1v) is 4.39. The summed E-state index contributed by atoms with van der Waals surface area (Å²) in [6.07, 6.45) is 0. The lowest BCUT2D eigenvalue weighted by atomic mass is 10.8. The molecule has 0 unspecified atom stereocenters. The highest BCUT2D eigenvalue weighted by Crippen LogP contribution is 1.50. The monoisotopic (exact) mass is 304 g/mol. The summed E-state index contributed by atoms with van der Waals surface area (Å²) in [5.74, 6) is -4.76. The Bertz CT molecular complexity index is 217. The van der Waals surface area contributed by atoms with Gasteiger partial charge in [-0.25, -0.2) is 19.2 Å². The van der Waals surface area contributed by atoms with Crippen LogP contribution in [0.1, 0.15) is 0 Å². The van der Waals surface area contributed by atoms with Crippen molar-refractivity contribution >= 4 is 23.9 Å². The van der Waals surface area contributed by atoms with Crippen LogP contribution in [-0.2, 0) is 19.2 Å². The quantitative estimate of drug-likeness (QED) is 0.250. The minimum atomic E-state index is -1.19. The van der Waals surface area contributed by atoms with Gasteiger partial charge in [-0.05, 0) is 0 Å². The molecule has 8 N–H and O–H groups in total. The number of aliphatic hydroxyl groups excluding tert-OH is 4. The van der Waals surface area contributed by atoms with Gasteiger partial charge in [0.05, 0.1) is 0 Å². The minimum absolute atomic E-state index is 0.778. The molecule has 0 aliphatic rings. The molecule has 12 nitrogen and oxygen atoms in total. The smallest absolute Gasteiger partial charge is 0.329 e. The second-order valence-electron chi connectivity index (χ2n) is 2.21. The standard InChI is InChI=1S/4C2H4O3/c4*3-1-2(4)5/h4*3H,1H2,(H,4,5). The molecule has 0 radical (unpaired) electrons. The van der Waals surface area contributed by atoms with Crippen LogP contribution in [0.25, 0.3) is 0 Å². The summed E-state index contributed by atoms with van der Waals surface area (Å²) in [5, 5.41) is 60.1. The van der Waals surface area contributed by atoms with Crippen molar-refractivity contribution in [2.24, 2.45) is 0 Å². The summed E-state index contributed by atoms with van der Waals surface area (Å²) in [4.78, 5) is 36.5. The van der Waals surface area contributed by atoms with Crippen LogP contribution in [0.5, 0.6) is 0 Å². The normalized spacial score (nSPS) is 7.40. The topological polar surface area (TPSA) is 230 Å². The van der Waals surface area contributed by atoms with E-state index < -0.39 is 50.3 Å². The highest BCUT2D eigenvalue weighted by Gasteiger charge is 1.83. The zero-order valence-corrected chi connectivity index (χ0v) is 10.0. The summed E-state index contributed by atoms with van der Waals surface area (Å²) in [6.45, 7) is -3.11. The molecule has 20 heavy (non-hydrogen) atoms. The van der Waals surface area contributed by atoms with E-state index in [1.165, 1.54) is 0 Å². The van der Waals surface area contributed by atoms with Crippen molar-refractivity contribution < 1.29 is 60.0 Å². The van der Waals surface area contributed by atoms with Gasteiger partial charge in [-0.3, -0.25) is 0 Å². The van der Waals surface area contributed by atoms with Crippen molar-refractivity contribution in [3.63, 3.8) is 0 Å². The first-order valence-electron chi connectivity index (χ1n) is 4.39. The summed E-state index contributed by atoms with van der Waals surface area (Å²) >= 11 is 0. The summed E-state index contributed by atoms with van der Waals surface area (Å²) in [5.41, 5.74) is 0. The summed E-state index contributed by atoms with van der Waals surface area (Å²) < 4.78 is 0. The van der Waals surface area contributed by atoms with Crippen LogP contribution in [0.4, 0.5) is 0 Å². The Morgan fingerprint density at radius 2 is 0.500 bits per heavy atom. The lowest BCUT2D eigenvalue weighted by molar-refractivity contribution is -0.141. The average molecular weight is 304 g/mol. The maximum atomic E-state index is 9.12. The maximum Gasteiger partial charge on any atom is 0.329 e. The van der Waals surface area contributed by atoms with E-state index in [1.807, 2.05) is 0 Å². The third-order valence-corrected chi connectivity index (χ3v) is 0.541. The van der Waals surface area contributed by atoms with Gasteiger partial charge < -0.3 is 40.9 Å². The largest absolute Gasteiger partial charge is 0.480 e. The Balaban J connectivity index is -0.0000000853. The Kier molecular flexibility index (Phi) is 28.9. The van der Waals surface area contributed by atoms with Crippen LogP contribution < -0.4 is 0 Å². The Morgan fingerprint density at radius 1 is 0.450 bits per heavy atom. The third-order valence-electron chi connectivity index (χ3n) is 0.541. The fraction of sp³-hybridized carbons (Fsp3) is 0.500. The van der Waals surface area contributed by atoms with E-state index in [0.29, 0.717) is 0 Å². The van der Waals surface area contributed by atoms with Gasteiger partial charge in [0.25, 0.3) is 0 Å². The molecule has 0 saturated carbocycles. The number of carboxylic acids is 4. The van der Waals surface area contributed by atoms with Crippen LogP contribution in [0.2, 0.25) is 0 Å². The average Bonchev–Trinajstić information content (AvgIpc) is 2.40. The highest BCUT2D eigenvalue weighted by molar-refractivity contribution is 5.68. The number of carboxylic acid groups (broad SMARTS) is 4. The number of aliphatic carboxylic acids is 4. The lowest BCUT2D eigenvalue weighted by Gasteiger charge is -1.72. The van der Waals surface area contributed by atoms with E-state index in [4.69, 9.17) is 60.0 Å². The molecule has 0 rings (SSSR count). The Hall–Kier alpha value is -2.28. The zero-order chi connectivity index (χ0) is 17.1. The highest BCUT2D eigenvalue weighted by atomic mass is 16.4. The van der Waals surface area contributed by atoms with Crippen LogP contribution in [0.3, 0.4) is 0 Å². The molecule has 0 aromatic carbocycles. The van der Waals surface area contributed by atoms with Crippen molar-refractivity contribution in [1.29, 1.82) is 0 Å². The molecule has 0 spiro atoms. The lowest BCUT2D eigenvalue weighted by Crippen LogP contribution is -1.98. The Morgan fingerprint density at radius 3 is 0.500 bits per heavy atom. The number of aliphatic hydroxyl groups is 4. The molecule has 0 heterocycles.